The lowest BCUT2D eigenvalue weighted by Crippen LogP contribution is -2.12. The Morgan fingerprint density at radius 1 is 1.07 bits per heavy atom. The standard InChI is InChI=1S/C20H19BrO6S/c1-3-5-13-10-20(22)26-18-12-15(7-8-16(13)18)27-28(23,24)19-11-14(21)6-9-17(19)25-4-2/h6-12H,3-5H2,1-2H3. The Bertz CT molecular complexity index is 1170. The second-order valence-electron chi connectivity index (χ2n) is 6.06. The molecule has 0 spiro atoms. The highest BCUT2D eigenvalue weighted by atomic mass is 79.9. The van der Waals surface area contributed by atoms with Gasteiger partial charge in [0, 0.05) is 22.0 Å². The van der Waals surface area contributed by atoms with Gasteiger partial charge in [-0.05, 0) is 49.2 Å². The van der Waals surface area contributed by atoms with E-state index in [9.17, 15) is 13.2 Å². The summed E-state index contributed by atoms with van der Waals surface area (Å²) in [5, 5.41) is 0.753. The maximum Gasteiger partial charge on any atom is 0.342 e. The Morgan fingerprint density at radius 3 is 2.57 bits per heavy atom. The summed E-state index contributed by atoms with van der Waals surface area (Å²) in [6.45, 7) is 4.09. The SMILES string of the molecule is CCCc1cc(=O)oc2cc(OS(=O)(=O)c3cc(Br)ccc3OCC)ccc12. The number of fused-ring (bicyclic) bond motifs is 1. The molecule has 3 rings (SSSR count). The van der Waals surface area contributed by atoms with E-state index < -0.39 is 15.7 Å². The first-order chi connectivity index (χ1) is 13.3. The molecule has 0 aliphatic rings. The molecule has 0 saturated heterocycles. The predicted molar refractivity (Wildman–Crippen MR) is 110 cm³/mol. The Balaban J connectivity index is 2.02. The first-order valence-corrected chi connectivity index (χ1v) is 11.0. The molecule has 0 N–H and O–H groups in total. The number of benzene rings is 2. The molecule has 0 bridgehead atoms. The molecule has 0 amide bonds. The van der Waals surface area contributed by atoms with Gasteiger partial charge in [0.05, 0.1) is 6.61 Å². The summed E-state index contributed by atoms with van der Waals surface area (Å²) in [4.78, 5) is 11.7. The maximum atomic E-state index is 12.8. The van der Waals surface area contributed by atoms with Gasteiger partial charge in [-0.1, -0.05) is 29.3 Å². The first kappa shape index (κ1) is 20.4. The Kier molecular flexibility index (Phi) is 6.10. The lowest BCUT2D eigenvalue weighted by molar-refractivity contribution is 0.329. The van der Waals surface area contributed by atoms with Crippen LogP contribution >= 0.6 is 15.9 Å². The highest BCUT2D eigenvalue weighted by Crippen LogP contribution is 2.31. The molecule has 2 aromatic carbocycles. The summed E-state index contributed by atoms with van der Waals surface area (Å²) < 4.78 is 42.1. The van der Waals surface area contributed by atoms with Gasteiger partial charge >= 0.3 is 15.7 Å². The molecule has 28 heavy (non-hydrogen) atoms. The molecule has 148 valence electrons. The van der Waals surface area contributed by atoms with Crippen LogP contribution in [0, 0.1) is 0 Å². The summed E-state index contributed by atoms with van der Waals surface area (Å²) in [6.07, 6.45) is 1.59. The quantitative estimate of drug-likeness (QED) is 0.371. The van der Waals surface area contributed by atoms with Crippen LogP contribution in [0.5, 0.6) is 11.5 Å². The van der Waals surface area contributed by atoms with Crippen LogP contribution in [0.2, 0.25) is 0 Å². The van der Waals surface area contributed by atoms with Gasteiger partial charge in [-0.15, -0.1) is 0 Å². The molecule has 1 aromatic heterocycles. The van der Waals surface area contributed by atoms with Gasteiger partial charge in [-0.3, -0.25) is 0 Å². The maximum absolute atomic E-state index is 12.8. The molecule has 0 atom stereocenters. The minimum absolute atomic E-state index is 0.0479. The second-order valence-corrected chi connectivity index (χ2v) is 8.49. The summed E-state index contributed by atoms with van der Waals surface area (Å²) in [7, 11) is -4.16. The zero-order valence-corrected chi connectivity index (χ0v) is 17.8. The molecule has 3 aromatic rings. The van der Waals surface area contributed by atoms with Crippen molar-refractivity contribution in [3.63, 3.8) is 0 Å². The van der Waals surface area contributed by atoms with E-state index in [-0.39, 0.29) is 22.0 Å². The van der Waals surface area contributed by atoms with E-state index in [0.717, 1.165) is 23.8 Å². The number of ether oxygens (including phenoxy) is 1. The molecule has 0 saturated carbocycles. The van der Waals surface area contributed by atoms with Crippen molar-refractivity contribution >= 4 is 37.0 Å². The van der Waals surface area contributed by atoms with Crippen molar-refractivity contribution in [3.8, 4) is 11.5 Å². The molecule has 0 fully saturated rings. The second kappa shape index (κ2) is 8.36. The Hall–Kier alpha value is -2.32. The molecule has 1 heterocycles. The van der Waals surface area contributed by atoms with E-state index in [1.165, 1.54) is 24.3 Å². The minimum atomic E-state index is -4.16. The van der Waals surface area contributed by atoms with Crippen molar-refractivity contribution < 1.29 is 21.8 Å². The van der Waals surface area contributed by atoms with Crippen LogP contribution in [0.4, 0.5) is 0 Å². The van der Waals surface area contributed by atoms with Gasteiger partial charge < -0.3 is 13.3 Å². The molecular formula is C20H19BrO6S. The molecule has 6 nitrogen and oxygen atoms in total. The topological polar surface area (TPSA) is 82.8 Å². The van der Waals surface area contributed by atoms with Crippen LogP contribution in [-0.2, 0) is 16.5 Å². The van der Waals surface area contributed by atoms with Crippen LogP contribution in [-0.4, -0.2) is 15.0 Å². The van der Waals surface area contributed by atoms with Crippen molar-refractivity contribution in [2.45, 2.75) is 31.6 Å². The fraction of sp³-hybridized carbons (Fsp3) is 0.250. The number of hydrogen-bond acceptors (Lipinski definition) is 6. The van der Waals surface area contributed by atoms with Gasteiger partial charge in [-0.25, -0.2) is 4.79 Å². The molecular weight excluding hydrogens is 448 g/mol. The van der Waals surface area contributed by atoms with Crippen molar-refractivity contribution in [1.82, 2.24) is 0 Å². The third-order valence-electron chi connectivity index (χ3n) is 4.00. The van der Waals surface area contributed by atoms with E-state index in [2.05, 4.69) is 15.9 Å². The molecule has 0 aliphatic heterocycles. The third-order valence-corrected chi connectivity index (χ3v) is 5.76. The van der Waals surface area contributed by atoms with E-state index in [0.29, 0.717) is 11.1 Å². The van der Waals surface area contributed by atoms with Gasteiger partial charge in [-0.2, -0.15) is 8.42 Å². The average Bonchev–Trinajstić information content (AvgIpc) is 2.63. The van der Waals surface area contributed by atoms with E-state index in [4.69, 9.17) is 13.3 Å². The van der Waals surface area contributed by atoms with Crippen LogP contribution in [0.15, 0.2) is 61.0 Å². The van der Waals surface area contributed by atoms with Gasteiger partial charge in [0.15, 0.2) is 0 Å². The predicted octanol–water partition coefficient (Wildman–Crippen LogP) is 4.67. The third kappa shape index (κ3) is 4.39. The Labute approximate surface area is 171 Å². The lowest BCUT2D eigenvalue weighted by Gasteiger charge is -2.12. The van der Waals surface area contributed by atoms with Crippen molar-refractivity contribution in [1.29, 1.82) is 0 Å². The zero-order chi connectivity index (χ0) is 20.3. The zero-order valence-electron chi connectivity index (χ0n) is 15.4. The van der Waals surface area contributed by atoms with E-state index in [1.807, 2.05) is 6.92 Å². The average molecular weight is 467 g/mol. The highest BCUT2D eigenvalue weighted by Gasteiger charge is 2.23. The fourth-order valence-electron chi connectivity index (χ4n) is 2.86. The van der Waals surface area contributed by atoms with E-state index in [1.54, 1.807) is 25.1 Å². The normalized spacial score (nSPS) is 11.5. The number of rotatable bonds is 7. The smallest absolute Gasteiger partial charge is 0.342 e. The Morgan fingerprint density at radius 2 is 1.86 bits per heavy atom. The van der Waals surface area contributed by atoms with Crippen LogP contribution < -0.4 is 14.5 Å². The monoisotopic (exact) mass is 466 g/mol. The summed E-state index contributed by atoms with van der Waals surface area (Å²) >= 11 is 3.26. The van der Waals surface area contributed by atoms with Crippen LogP contribution in [0.1, 0.15) is 25.8 Å². The summed E-state index contributed by atoms with van der Waals surface area (Å²) in [5.74, 6) is 0.245. The number of aryl methyl sites for hydroxylation is 1. The fourth-order valence-corrected chi connectivity index (χ4v) is 4.47. The van der Waals surface area contributed by atoms with Crippen molar-refractivity contribution in [3.05, 3.63) is 62.9 Å². The molecule has 0 unspecified atom stereocenters. The molecule has 0 radical (unpaired) electrons. The van der Waals surface area contributed by atoms with Crippen molar-refractivity contribution in [2.24, 2.45) is 0 Å². The summed E-state index contributed by atoms with van der Waals surface area (Å²) in [6, 6.07) is 10.8. The van der Waals surface area contributed by atoms with E-state index >= 15 is 0 Å². The van der Waals surface area contributed by atoms with Crippen molar-refractivity contribution in [2.75, 3.05) is 6.61 Å². The van der Waals surface area contributed by atoms with Gasteiger partial charge in [0.1, 0.15) is 22.0 Å². The number of hydrogen-bond donors (Lipinski definition) is 0. The lowest BCUT2D eigenvalue weighted by atomic mass is 10.1. The largest absolute Gasteiger partial charge is 0.492 e. The van der Waals surface area contributed by atoms with Gasteiger partial charge in [0.2, 0.25) is 0 Å². The van der Waals surface area contributed by atoms with Crippen LogP contribution in [0.3, 0.4) is 0 Å². The minimum Gasteiger partial charge on any atom is -0.492 e. The first-order valence-electron chi connectivity index (χ1n) is 8.77. The molecule has 0 aliphatic carbocycles. The van der Waals surface area contributed by atoms with Gasteiger partial charge in [0.25, 0.3) is 0 Å². The van der Waals surface area contributed by atoms with Crippen LogP contribution in [0.25, 0.3) is 11.0 Å². The summed E-state index contributed by atoms with van der Waals surface area (Å²) in [5.41, 5.74) is 0.651. The molecule has 8 heteroatoms. The number of halogens is 1. The highest BCUT2D eigenvalue weighted by molar-refractivity contribution is 9.10.